The fourth-order valence-electron chi connectivity index (χ4n) is 4.51. The molecule has 0 atom stereocenters. The molecular weight excluding hydrogens is 394 g/mol. The summed E-state index contributed by atoms with van der Waals surface area (Å²) >= 11 is 0. The first-order valence-corrected chi connectivity index (χ1v) is 10.9. The third-order valence-corrected chi connectivity index (χ3v) is 6.08. The van der Waals surface area contributed by atoms with Gasteiger partial charge in [-0.05, 0) is 35.8 Å². The molecule has 5 rings (SSSR count). The van der Waals surface area contributed by atoms with Gasteiger partial charge in [-0.25, -0.2) is 4.98 Å². The number of ether oxygens (including phenoxy) is 2. The number of hydrogen-bond donors (Lipinski definition) is 1. The van der Waals surface area contributed by atoms with Crippen LogP contribution >= 0.6 is 0 Å². The SMILES string of the molecule is CNc1cnc(OCCOC)nc1N(C=O)Cc1ccc(CN2CC3CC(C3)C2)cc1. The second-order valence-electron chi connectivity index (χ2n) is 8.43. The van der Waals surface area contributed by atoms with Crippen molar-refractivity contribution in [3.63, 3.8) is 0 Å². The lowest BCUT2D eigenvalue weighted by atomic mass is 9.71. The van der Waals surface area contributed by atoms with Gasteiger partial charge in [0.1, 0.15) is 6.61 Å². The lowest BCUT2D eigenvalue weighted by molar-refractivity contribution is -0.107. The quantitative estimate of drug-likeness (QED) is 0.438. The fraction of sp³-hybridized carbons (Fsp3) is 0.522. The van der Waals surface area contributed by atoms with Crippen molar-refractivity contribution in [2.24, 2.45) is 11.8 Å². The van der Waals surface area contributed by atoms with Crippen LogP contribution in [0.4, 0.5) is 11.5 Å². The number of nitrogens with zero attached hydrogens (tertiary/aromatic N) is 4. The van der Waals surface area contributed by atoms with Crippen molar-refractivity contribution in [1.29, 1.82) is 0 Å². The number of rotatable bonds is 11. The van der Waals surface area contributed by atoms with Crippen LogP contribution in [0.2, 0.25) is 0 Å². The lowest BCUT2D eigenvalue weighted by Gasteiger charge is -2.47. The van der Waals surface area contributed by atoms with Crippen molar-refractivity contribution in [3.8, 4) is 6.01 Å². The van der Waals surface area contributed by atoms with Crippen molar-refractivity contribution in [3.05, 3.63) is 41.6 Å². The predicted molar refractivity (Wildman–Crippen MR) is 119 cm³/mol. The first-order valence-electron chi connectivity index (χ1n) is 10.9. The minimum atomic E-state index is 0.216. The van der Waals surface area contributed by atoms with Crippen LogP contribution in [0.3, 0.4) is 0 Å². The van der Waals surface area contributed by atoms with Gasteiger partial charge in [0.05, 0.1) is 25.0 Å². The minimum Gasteiger partial charge on any atom is -0.461 e. The molecule has 1 aromatic carbocycles. The zero-order valence-electron chi connectivity index (χ0n) is 18.3. The lowest BCUT2D eigenvalue weighted by Crippen LogP contribution is -2.47. The number of carbonyl (C=O) groups excluding carboxylic acids is 1. The van der Waals surface area contributed by atoms with Crippen molar-refractivity contribution in [2.75, 3.05) is 50.7 Å². The number of nitrogens with one attached hydrogen (secondary N) is 1. The summed E-state index contributed by atoms with van der Waals surface area (Å²) in [5.74, 6) is 2.31. The molecule has 1 aliphatic carbocycles. The van der Waals surface area contributed by atoms with Gasteiger partial charge in [-0.3, -0.25) is 14.6 Å². The van der Waals surface area contributed by atoms with E-state index in [1.54, 1.807) is 25.3 Å². The first kappa shape index (κ1) is 21.5. The van der Waals surface area contributed by atoms with Gasteiger partial charge in [-0.2, -0.15) is 4.98 Å². The van der Waals surface area contributed by atoms with Crippen LogP contribution in [0.25, 0.3) is 0 Å². The Morgan fingerprint density at radius 2 is 1.87 bits per heavy atom. The van der Waals surface area contributed by atoms with E-state index < -0.39 is 0 Å². The summed E-state index contributed by atoms with van der Waals surface area (Å²) in [6.45, 7) is 4.66. The molecule has 31 heavy (non-hydrogen) atoms. The molecule has 166 valence electrons. The highest BCUT2D eigenvalue weighted by atomic mass is 16.5. The fourth-order valence-corrected chi connectivity index (χ4v) is 4.51. The second kappa shape index (κ2) is 10.1. The molecule has 0 spiro atoms. The molecule has 2 aliphatic heterocycles. The summed E-state index contributed by atoms with van der Waals surface area (Å²) in [5, 5.41) is 3.04. The van der Waals surface area contributed by atoms with Gasteiger partial charge in [0.15, 0.2) is 5.82 Å². The Bertz CT molecular complexity index is 860. The zero-order chi connectivity index (χ0) is 21.6. The Kier molecular flexibility index (Phi) is 6.99. The smallest absolute Gasteiger partial charge is 0.318 e. The summed E-state index contributed by atoms with van der Waals surface area (Å²) < 4.78 is 10.5. The number of piperidine rings is 2. The molecule has 3 aliphatic rings. The molecular formula is C23H31N5O3. The van der Waals surface area contributed by atoms with Crippen molar-refractivity contribution in [1.82, 2.24) is 14.9 Å². The summed E-state index contributed by atoms with van der Waals surface area (Å²) in [5.41, 5.74) is 3.01. The Morgan fingerprint density at radius 3 is 2.52 bits per heavy atom. The van der Waals surface area contributed by atoms with E-state index in [0.717, 1.165) is 30.4 Å². The standard InChI is InChI=1S/C23H31N5O3/c1-24-21-11-25-23(31-8-7-30-2)26-22(21)28(16-29)15-18-5-3-17(4-6-18)12-27-13-19-9-20(10-19)14-27/h3-6,11,16,19-20,24H,7-10,12-15H2,1-2H3. The molecule has 0 unspecified atom stereocenters. The van der Waals surface area contributed by atoms with Crippen LogP contribution in [0, 0.1) is 11.8 Å². The normalized spacial score (nSPS) is 20.1. The van der Waals surface area contributed by atoms with E-state index in [2.05, 4.69) is 44.5 Å². The Balaban J connectivity index is 1.41. The van der Waals surface area contributed by atoms with Gasteiger partial charge in [0, 0.05) is 33.8 Å². The number of aromatic nitrogens is 2. The number of anilines is 2. The molecule has 8 nitrogen and oxygen atoms in total. The molecule has 2 bridgehead atoms. The number of carbonyl (C=O) groups is 1. The van der Waals surface area contributed by atoms with Crippen LogP contribution in [0.5, 0.6) is 6.01 Å². The Labute approximate surface area is 183 Å². The number of amides is 1. The van der Waals surface area contributed by atoms with Crippen LogP contribution in [-0.4, -0.2) is 61.7 Å². The van der Waals surface area contributed by atoms with E-state index in [0.29, 0.717) is 31.3 Å². The van der Waals surface area contributed by atoms with E-state index in [9.17, 15) is 4.79 Å². The minimum absolute atomic E-state index is 0.216. The summed E-state index contributed by atoms with van der Waals surface area (Å²) in [7, 11) is 3.38. The van der Waals surface area contributed by atoms with Crippen LogP contribution in [-0.2, 0) is 22.6 Å². The van der Waals surface area contributed by atoms with Crippen LogP contribution < -0.4 is 15.0 Å². The molecule has 1 N–H and O–H groups in total. The molecule has 2 aromatic rings. The van der Waals surface area contributed by atoms with E-state index >= 15 is 0 Å². The predicted octanol–water partition coefficient (Wildman–Crippen LogP) is 2.55. The van der Waals surface area contributed by atoms with E-state index in [1.165, 1.54) is 31.5 Å². The van der Waals surface area contributed by atoms with Crippen molar-refractivity contribution < 1.29 is 14.3 Å². The molecule has 1 saturated carbocycles. The van der Waals surface area contributed by atoms with Gasteiger partial charge >= 0.3 is 6.01 Å². The summed E-state index contributed by atoms with van der Waals surface area (Å²) in [4.78, 5) is 24.6. The first-order chi connectivity index (χ1) is 15.2. The highest BCUT2D eigenvalue weighted by Crippen LogP contribution is 2.39. The number of hydrogen-bond acceptors (Lipinski definition) is 7. The largest absolute Gasteiger partial charge is 0.461 e. The molecule has 8 heteroatoms. The maximum atomic E-state index is 11.9. The number of benzene rings is 1. The maximum absolute atomic E-state index is 11.9. The van der Waals surface area contributed by atoms with Crippen molar-refractivity contribution >= 4 is 17.9 Å². The van der Waals surface area contributed by atoms with Crippen LogP contribution in [0.15, 0.2) is 30.5 Å². The maximum Gasteiger partial charge on any atom is 0.318 e. The van der Waals surface area contributed by atoms with Gasteiger partial charge in [0.2, 0.25) is 6.41 Å². The number of methoxy groups -OCH3 is 1. The average Bonchev–Trinajstić information content (AvgIpc) is 2.78. The number of fused-ring (bicyclic) bond motifs is 2. The molecule has 2 saturated heterocycles. The monoisotopic (exact) mass is 425 g/mol. The van der Waals surface area contributed by atoms with Crippen molar-refractivity contribution in [2.45, 2.75) is 25.9 Å². The van der Waals surface area contributed by atoms with Gasteiger partial charge < -0.3 is 14.8 Å². The van der Waals surface area contributed by atoms with Gasteiger partial charge in [-0.15, -0.1) is 0 Å². The van der Waals surface area contributed by atoms with E-state index in [4.69, 9.17) is 9.47 Å². The topological polar surface area (TPSA) is 79.8 Å². The molecule has 0 radical (unpaired) electrons. The van der Waals surface area contributed by atoms with E-state index in [-0.39, 0.29) is 6.01 Å². The third-order valence-electron chi connectivity index (χ3n) is 6.08. The van der Waals surface area contributed by atoms with Crippen LogP contribution in [0.1, 0.15) is 24.0 Å². The van der Waals surface area contributed by atoms with Gasteiger partial charge in [0.25, 0.3) is 0 Å². The Morgan fingerprint density at radius 1 is 1.16 bits per heavy atom. The average molecular weight is 426 g/mol. The summed E-state index contributed by atoms with van der Waals surface area (Å²) in [6.07, 6.45) is 5.25. The second-order valence-corrected chi connectivity index (χ2v) is 8.43. The zero-order valence-corrected chi connectivity index (χ0v) is 18.3. The summed E-state index contributed by atoms with van der Waals surface area (Å²) in [6, 6.07) is 8.72. The van der Waals surface area contributed by atoms with E-state index in [1.807, 2.05) is 0 Å². The Hall–Kier alpha value is -2.71. The highest BCUT2D eigenvalue weighted by Gasteiger charge is 2.36. The molecule has 1 aromatic heterocycles. The molecule has 3 fully saturated rings. The molecule has 3 heterocycles. The molecule has 1 amide bonds. The highest BCUT2D eigenvalue weighted by molar-refractivity contribution is 5.80. The third kappa shape index (κ3) is 5.32. The van der Waals surface area contributed by atoms with Gasteiger partial charge in [-0.1, -0.05) is 24.3 Å².